The van der Waals surface area contributed by atoms with Crippen molar-refractivity contribution in [1.82, 2.24) is 10.6 Å². The van der Waals surface area contributed by atoms with E-state index in [1.807, 2.05) is 18.2 Å². The first-order valence-corrected chi connectivity index (χ1v) is 8.75. The van der Waals surface area contributed by atoms with Gasteiger partial charge in [-0.15, -0.1) is 0 Å². The van der Waals surface area contributed by atoms with E-state index in [-0.39, 0.29) is 0 Å². The lowest BCUT2D eigenvalue weighted by molar-refractivity contribution is 0.122. The Balaban J connectivity index is 1.48. The molecular weight excluding hydrogens is 312 g/mol. The monoisotopic (exact) mass is 338 g/mol. The highest BCUT2D eigenvalue weighted by Crippen LogP contribution is 2.16. The van der Waals surface area contributed by atoms with Gasteiger partial charge in [-0.1, -0.05) is 42.5 Å². The van der Waals surface area contributed by atoms with Crippen molar-refractivity contribution in [1.29, 1.82) is 0 Å². The van der Waals surface area contributed by atoms with Crippen LogP contribution in [0.1, 0.15) is 11.1 Å². The van der Waals surface area contributed by atoms with Crippen LogP contribution in [0, 0.1) is 0 Å². The summed E-state index contributed by atoms with van der Waals surface area (Å²) in [6.07, 6.45) is 0. The van der Waals surface area contributed by atoms with Crippen molar-refractivity contribution in [2.45, 2.75) is 13.1 Å². The lowest BCUT2D eigenvalue weighted by Crippen LogP contribution is -2.36. The molecule has 0 unspecified atom stereocenters. The van der Waals surface area contributed by atoms with Gasteiger partial charge in [0.2, 0.25) is 0 Å². The average molecular weight is 338 g/mol. The molecule has 1 fully saturated rings. The molecule has 3 rings (SSSR count). The van der Waals surface area contributed by atoms with Crippen molar-refractivity contribution in [3.05, 3.63) is 65.7 Å². The predicted molar refractivity (Wildman–Crippen MR) is 103 cm³/mol. The zero-order valence-electron chi connectivity index (χ0n) is 14.7. The van der Waals surface area contributed by atoms with Gasteiger partial charge in [-0.25, -0.2) is 0 Å². The molecule has 25 heavy (non-hydrogen) atoms. The minimum atomic E-state index is 0.748. The van der Waals surface area contributed by atoms with Crippen LogP contribution >= 0.6 is 0 Å². The Morgan fingerprint density at radius 3 is 2.12 bits per heavy atom. The van der Waals surface area contributed by atoms with Crippen LogP contribution in [0.15, 0.2) is 59.6 Å². The Morgan fingerprint density at radius 2 is 1.52 bits per heavy atom. The second kappa shape index (κ2) is 9.08. The zero-order chi connectivity index (χ0) is 17.3. The van der Waals surface area contributed by atoms with E-state index in [4.69, 9.17) is 4.74 Å². The Bertz CT molecular complexity index is 664. The smallest absolute Gasteiger partial charge is 0.191 e. The molecule has 0 amide bonds. The summed E-state index contributed by atoms with van der Waals surface area (Å²) in [6.45, 7) is 5.06. The molecule has 5 nitrogen and oxygen atoms in total. The lowest BCUT2D eigenvalue weighted by Gasteiger charge is -2.28. The molecule has 1 aliphatic heterocycles. The van der Waals surface area contributed by atoms with Crippen molar-refractivity contribution >= 4 is 11.6 Å². The molecule has 2 aromatic carbocycles. The van der Waals surface area contributed by atoms with Crippen LogP contribution in [0.4, 0.5) is 5.69 Å². The summed E-state index contributed by atoms with van der Waals surface area (Å²) in [5.41, 5.74) is 3.73. The number of benzene rings is 2. The topological polar surface area (TPSA) is 48.9 Å². The maximum absolute atomic E-state index is 5.41. The minimum absolute atomic E-state index is 0.748. The first-order valence-electron chi connectivity index (χ1n) is 8.75. The molecule has 2 aromatic rings. The molecule has 132 valence electrons. The van der Waals surface area contributed by atoms with E-state index in [1.165, 1.54) is 16.8 Å². The van der Waals surface area contributed by atoms with Crippen molar-refractivity contribution in [3.63, 3.8) is 0 Å². The number of aliphatic imine (C=N–C) groups is 1. The fraction of sp³-hybridized carbons (Fsp3) is 0.350. The van der Waals surface area contributed by atoms with Crippen LogP contribution in [0.5, 0.6) is 0 Å². The van der Waals surface area contributed by atoms with E-state index in [0.717, 1.165) is 45.4 Å². The summed E-state index contributed by atoms with van der Waals surface area (Å²) in [5, 5.41) is 6.70. The number of anilines is 1. The third-order valence-electron chi connectivity index (χ3n) is 4.30. The maximum Gasteiger partial charge on any atom is 0.191 e. The van der Waals surface area contributed by atoms with Crippen molar-refractivity contribution < 1.29 is 4.74 Å². The normalized spacial score (nSPS) is 15.1. The highest BCUT2D eigenvalue weighted by molar-refractivity contribution is 5.79. The first-order chi connectivity index (χ1) is 12.3. The highest BCUT2D eigenvalue weighted by atomic mass is 16.5. The average Bonchev–Trinajstić information content (AvgIpc) is 2.70. The van der Waals surface area contributed by atoms with Crippen LogP contribution in [-0.4, -0.2) is 39.3 Å². The van der Waals surface area contributed by atoms with Gasteiger partial charge in [-0.3, -0.25) is 4.99 Å². The maximum atomic E-state index is 5.41. The van der Waals surface area contributed by atoms with E-state index in [1.54, 1.807) is 7.05 Å². The molecule has 5 heteroatoms. The summed E-state index contributed by atoms with van der Waals surface area (Å²) in [4.78, 5) is 6.64. The summed E-state index contributed by atoms with van der Waals surface area (Å²) in [7, 11) is 1.79. The molecule has 1 saturated heterocycles. The van der Waals surface area contributed by atoms with Crippen molar-refractivity contribution in [3.8, 4) is 0 Å². The molecule has 0 bridgehead atoms. The quantitative estimate of drug-likeness (QED) is 0.649. The third kappa shape index (κ3) is 5.22. The number of guanidine groups is 1. The summed E-state index contributed by atoms with van der Waals surface area (Å²) in [6, 6.07) is 19.0. The summed E-state index contributed by atoms with van der Waals surface area (Å²) in [5.74, 6) is 0.807. The van der Waals surface area contributed by atoms with Crippen LogP contribution in [0.3, 0.4) is 0 Å². The number of nitrogens with one attached hydrogen (secondary N) is 2. The molecular formula is C20H26N4O. The van der Waals surface area contributed by atoms with Crippen LogP contribution in [0.2, 0.25) is 0 Å². The zero-order valence-corrected chi connectivity index (χ0v) is 14.7. The summed E-state index contributed by atoms with van der Waals surface area (Å²) < 4.78 is 5.41. The number of morpholine rings is 1. The predicted octanol–water partition coefficient (Wildman–Crippen LogP) is 2.39. The largest absolute Gasteiger partial charge is 0.378 e. The van der Waals surface area contributed by atoms with Gasteiger partial charge in [0, 0.05) is 38.9 Å². The number of hydrogen-bond donors (Lipinski definition) is 2. The number of hydrogen-bond acceptors (Lipinski definition) is 3. The number of ether oxygens (including phenoxy) is 1. The van der Waals surface area contributed by atoms with Gasteiger partial charge in [0.05, 0.1) is 13.2 Å². The fourth-order valence-electron chi connectivity index (χ4n) is 2.83. The van der Waals surface area contributed by atoms with E-state index in [0.29, 0.717) is 0 Å². The second-order valence-electron chi connectivity index (χ2n) is 6.03. The molecule has 0 radical (unpaired) electrons. The Labute approximate surface area is 149 Å². The Morgan fingerprint density at radius 1 is 0.920 bits per heavy atom. The SMILES string of the molecule is CN=C(NCc1ccccc1)NCc1ccc(N2CCOCC2)cc1. The van der Waals surface area contributed by atoms with Gasteiger partial charge in [-0.05, 0) is 23.3 Å². The molecule has 0 aromatic heterocycles. The van der Waals surface area contributed by atoms with Gasteiger partial charge in [0.15, 0.2) is 5.96 Å². The van der Waals surface area contributed by atoms with Gasteiger partial charge in [0.25, 0.3) is 0 Å². The molecule has 1 heterocycles. The van der Waals surface area contributed by atoms with E-state index in [2.05, 4.69) is 56.9 Å². The molecule has 2 N–H and O–H groups in total. The highest BCUT2D eigenvalue weighted by Gasteiger charge is 2.10. The van der Waals surface area contributed by atoms with Crippen molar-refractivity contribution in [2.75, 3.05) is 38.3 Å². The molecule has 0 aliphatic carbocycles. The molecule has 0 saturated carbocycles. The fourth-order valence-corrected chi connectivity index (χ4v) is 2.83. The van der Waals surface area contributed by atoms with Gasteiger partial charge in [-0.2, -0.15) is 0 Å². The second-order valence-corrected chi connectivity index (χ2v) is 6.03. The Kier molecular flexibility index (Phi) is 6.29. The minimum Gasteiger partial charge on any atom is -0.378 e. The van der Waals surface area contributed by atoms with Gasteiger partial charge in [0.1, 0.15) is 0 Å². The number of rotatable bonds is 5. The standard InChI is InChI=1S/C20H26N4O/c1-21-20(22-15-17-5-3-2-4-6-17)23-16-18-7-9-19(10-8-18)24-11-13-25-14-12-24/h2-10H,11-16H2,1H3,(H2,21,22,23). The lowest BCUT2D eigenvalue weighted by atomic mass is 10.2. The van der Waals surface area contributed by atoms with Crippen LogP contribution in [0.25, 0.3) is 0 Å². The van der Waals surface area contributed by atoms with Crippen LogP contribution in [-0.2, 0) is 17.8 Å². The molecule has 0 spiro atoms. The third-order valence-corrected chi connectivity index (χ3v) is 4.30. The number of nitrogens with zero attached hydrogens (tertiary/aromatic N) is 2. The summed E-state index contributed by atoms with van der Waals surface area (Å²) >= 11 is 0. The van der Waals surface area contributed by atoms with E-state index in [9.17, 15) is 0 Å². The molecule has 1 aliphatic rings. The van der Waals surface area contributed by atoms with E-state index >= 15 is 0 Å². The van der Waals surface area contributed by atoms with Gasteiger partial charge < -0.3 is 20.3 Å². The Hall–Kier alpha value is -2.53. The van der Waals surface area contributed by atoms with E-state index < -0.39 is 0 Å². The molecule has 0 atom stereocenters. The van der Waals surface area contributed by atoms with Crippen LogP contribution < -0.4 is 15.5 Å². The van der Waals surface area contributed by atoms with Crippen molar-refractivity contribution in [2.24, 2.45) is 4.99 Å². The van der Waals surface area contributed by atoms with Gasteiger partial charge >= 0.3 is 0 Å². The first kappa shape index (κ1) is 17.3.